The molecule has 0 atom stereocenters. The van der Waals surface area contributed by atoms with Crippen molar-refractivity contribution in [2.75, 3.05) is 12.8 Å². The maximum atomic E-state index is 5.98. The lowest BCUT2D eigenvalue weighted by Crippen LogP contribution is -2.05. The summed E-state index contributed by atoms with van der Waals surface area (Å²) in [4.78, 5) is 12.6. The molecule has 0 unspecified atom stereocenters. The average Bonchev–Trinajstić information content (AvgIpc) is 2.77. The van der Waals surface area contributed by atoms with E-state index in [2.05, 4.69) is 46.1 Å². The Balaban J connectivity index is 2.07. The van der Waals surface area contributed by atoms with Crippen LogP contribution in [0.3, 0.4) is 0 Å². The first kappa shape index (κ1) is 12.4. The third kappa shape index (κ3) is 2.05. The number of benzene rings is 1. The molecule has 2 aromatic heterocycles. The van der Waals surface area contributed by atoms with Gasteiger partial charge in [0.1, 0.15) is 6.33 Å². The summed E-state index contributed by atoms with van der Waals surface area (Å²) in [6.07, 6.45) is 1.45. The molecule has 0 spiro atoms. The van der Waals surface area contributed by atoms with E-state index in [1.807, 2.05) is 4.57 Å². The van der Waals surface area contributed by atoms with Crippen LogP contribution in [0.15, 0.2) is 30.6 Å². The number of methoxy groups -OCH3 is 1. The van der Waals surface area contributed by atoms with Gasteiger partial charge in [-0.1, -0.05) is 29.8 Å². The summed E-state index contributed by atoms with van der Waals surface area (Å²) in [5.41, 5.74) is 9.60. The molecule has 2 N–H and O–H groups in total. The minimum Gasteiger partial charge on any atom is -0.479 e. The Labute approximate surface area is 116 Å². The lowest BCUT2D eigenvalue weighted by molar-refractivity contribution is 0.401. The van der Waals surface area contributed by atoms with Crippen molar-refractivity contribution in [3.8, 4) is 5.88 Å². The molecule has 0 amide bonds. The largest absolute Gasteiger partial charge is 0.479 e. The molecule has 20 heavy (non-hydrogen) atoms. The highest BCUT2D eigenvalue weighted by atomic mass is 16.5. The molecule has 0 radical (unpaired) electrons. The number of nitrogen functional groups attached to an aromatic ring is 1. The molecule has 0 saturated heterocycles. The number of rotatable bonds is 3. The van der Waals surface area contributed by atoms with Crippen LogP contribution >= 0.6 is 0 Å². The van der Waals surface area contributed by atoms with Crippen LogP contribution in [0.25, 0.3) is 11.2 Å². The number of hydrogen-bond donors (Lipinski definition) is 1. The fourth-order valence-electron chi connectivity index (χ4n) is 2.11. The van der Waals surface area contributed by atoms with E-state index in [9.17, 15) is 0 Å². The van der Waals surface area contributed by atoms with Gasteiger partial charge in [-0.25, -0.2) is 9.97 Å². The highest BCUT2D eigenvalue weighted by Crippen LogP contribution is 2.23. The van der Waals surface area contributed by atoms with E-state index in [1.165, 1.54) is 11.9 Å². The topological polar surface area (TPSA) is 78.8 Å². The SMILES string of the molecule is COc1ncnc2c1nc(N)n2Cc1ccc(C)cc1. The zero-order chi connectivity index (χ0) is 14.1. The number of nitrogens with two attached hydrogens (primary N) is 1. The van der Waals surface area contributed by atoms with Crippen molar-refractivity contribution in [3.05, 3.63) is 41.7 Å². The fraction of sp³-hybridized carbons (Fsp3) is 0.214. The number of hydrogen-bond acceptors (Lipinski definition) is 5. The molecule has 0 fully saturated rings. The number of imidazole rings is 1. The monoisotopic (exact) mass is 269 g/mol. The second kappa shape index (κ2) is 4.80. The summed E-state index contributed by atoms with van der Waals surface area (Å²) in [6, 6.07) is 8.28. The van der Waals surface area contributed by atoms with Gasteiger partial charge in [-0.05, 0) is 12.5 Å². The van der Waals surface area contributed by atoms with E-state index in [0.29, 0.717) is 29.5 Å². The normalized spacial score (nSPS) is 10.9. The smallest absolute Gasteiger partial charge is 0.245 e. The summed E-state index contributed by atoms with van der Waals surface area (Å²) in [5.74, 6) is 0.837. The van der Waals surface area contributed by atoms with Crippen LogP contribution in [-0.2, 0) is 6.54 Å². The van der Waals surface area contributed by atoms with Crippen molar-refractivity contribution in [2.45, 2.75) is 13.5 Å². The van der Waals surface area contributed by atoms with Crippen molar-refractivity contribution in [1.82, 2.24) is 19.5 Å². The predicted molar refractivity (Wildman–Crippen MR) is 76.6 cm³/mol. The minimum absolute atomic E-state index is 0.402. The van der Waals surface area contributed by atoms with Gasteiger partial charge in [-0.15, -0.1) is 0 Å². The van der Waals surface area contributed by atoms with Gasteiger partial charge in [-0.2, -0.15) is 4.98 Å². The zero-order valence-corrected chi connectivity index (χ0v) is 11.4. The molecular formula is C14H15N5O. The van der Waals surface area contributed by atoms with Crippen LogP contribution in [0.2, 0.25) is 0 Å². The van der Waals surface area contributed by atoms with Crippen LogP contribution in [-0.4, -0.2) is 26.6 Å². The zero-order valence-electron chi connectivity index (χ0n) is 11.4. The number of anilines is 1. The molecule has 0 bridgehead atoms. The molecule has 102 valence electrons. The van der Waals surface area contributed by atoms with Crippen molar-refractivity contribution in [1.29, 1.82) is 0 Å². The minimum atomic E-state index is 0.402. The van der Waals surface area contributed by atoms with Crippen LogP contribution in [0, 0.1) is 6.92 Å². The third-order valence-corrected chi connectivity index (χ3v) is 3.18. The first-order chi connectivity index (χ1) is 9.69. The summed E-state index contributed by atoms with van der Waals surface area (Å²) in [7, 11) is 1.55. The summed E-state index contributed by atoms with van der Waals surface area (Å²) < 4.78 is 7.03. The van der Waals surface area contributed by atoms with E-state index >= 15 is 0 Å². The van der Waals surface area contributed by atoms with Gasteiger partial charge in [-0.3, -0.25) is 4.57 Å². The second-order valence-corrected chi connectivity index (χ2v) is 4.60. The Morgan fingerprint density at radius 2 is 1.95 bits per heavy atom. The predicted octanol–water partition coefficient (Wildman–Crippen LogP) is 1.77. The highest BCUT2D eigenvalue weighted by molar-refractivity contribution is 5.79. The molecule has 1 aromatic carbocycles. The van der Waals surface area contributed by atoms with Crippen LogP contribution < -0.4 is 10.5 Å². The van der Waals surface area contributed by atoms with Crippen LogP contribution in [0.1, 0.15) is 11.1 Å². The Kier molecular flexibility index (Phi) is 2.98. The van der Waals surface area contributed by atoms with Crippen LogP contribution in [0.5, 0.6) is 5.88 Å². The van der Waals surface area contributed by atoms with Gasteiger partial charge >= 0.3 is 0 Å². The summed E-state index contributed by atoms with van der Waals surface area (Å²) >= 11 is 0. The fourth-order valence-corrected chi connectivity index (χ4v) is 2.11. The van der Waals surface area contributed by atoms with Gasteiger partial charge in [0.25, 0.3) is 0 Å². The second-order valence-electron chi connectivity index (χ2n) is 4.60. The third-order valence-electron chi connectivity index (χ3n) is 3.18. The summed E-state index contributed by atoms with van der Waals surface area (Å²) in [5, 5.41) is 0. The maximum absolute atomic E-state index is 5.98. The molecule has 6 heteroatoms. The first-order valence-corrected chi connectivity index (χ1v) is 6.25. The molecular weight excluding hydrogens is 254 g/mol. The molecule has 0 aliphatic carbocycles. The Hall–Kier alpha value is -2.63. The number of aryl methyl sites for hydroxylation is 1. The quantitative estimate of drug-likeness (QED) is 0.784. The van der Waals surface area contributed by atoms with Gasteiger partial charge < -0.3 is 10.5 Å². The van der Waals surface area contributed by atoms with Crippen LogP contribution in [0.4, 0.5) is 5.95 Å². The van der Waals surface area contributed by atoms with E-state index in [4.69, 9.17) is 10.5 Å². The molecule has 0 aliphatic rings. The Morgan fingerprint density at radius 3 is 2.65 bits per heavy atom. The van der Waals surface area contributed by atoms with Gasteiger partial charge in [0.05, 0.1) is 13.7 Å². The van der Waals surface area contributed by atoms with Gasteiger partial charge in [0, 0.05) is 0 Å². The lowest BCUT2D eigenvalue weighted by Gasteiger charge is -2.06. The maximum Gasteiger partial charge on any atom is 0.245 e. The molecule has 2 heterocycles. The molecule has 3 rings (SSSR count). The number of nitrogens with zero attached hydrogens (tertiary/aromatic N) is 4. The van der Waals surface area contributed by atoms with E-state index in [1.54, 1.807) is 7.11 Å². The molecule has 3 aromatic rings. The standard InChI is InChI=1S/C14H15N5O/c1-9-3-5-10(6-4-9)7-19-12-11(18-14(19)15)13(20-2)17-8-16-12/h3-6,8H,7H2,1-2H3,(H2,15,18). The summed E-state index contributed by atoms with van der Waals surface area (Å²) in [6.45, 7) is 2.67. The van der Waals surface area contributed by atoms with Crippen molar-refractivity contribution in [3.63, 3.8) is 0 Å². The molecule has 6 nitrogen and oxygen atoms in total. The number of aromatic nitrogens is 4. The Morgan fingerprint density at radius 1 is 1.20 bits per heavy atom. The Bertz CT molecular complexity index is 748. The van der Waals surface area contributed by atoms with E-state index in [0.717, 1.165) is 5.56 Å². The average molecular weight is 269 g/mol. The molecule has 0 aliphatic heterocycles. The van der Waals surface area contributed by atoms with Crippen molar-refractivity contribution < 1.29 is 4.74 Å². The van der Waals surface area contributed by atoms with Gasteiger partial charge in [0.15, 0.2) is 11.2 Å². The lowest BCUT2D eigenvalue weighted by atomic mass is 10.1. The molecule has 0 saturated carbocycles. The van der Waals surface area contributed by atoms with E-state index in [-0.39, 0.29) is 0 Å². The van der Waals surface area contributed by atoms with Crippen molar-refractivity contribution in [2.24, 2.45) is 0 Å². The van der Waals surface area contributed by atoms with Crippen molar-refractivity contribution >= 4 is 17.1 Å². The number of fused-ring (bicyclic) bond motifs is 1. The van der Waals surface area contributed by atoms with Gasteiger partial charge in [0.2, 0.25) is 11.8 Å². The van der Waals surface area contributed by atoms with E-state index < -0.39 is 0 Å². The number of ether oxygens (including phenoxy) is 1. The first-order valence-electron chi connectivity index (χ1n) is 6.25. The highest BCUT2D eigenvalue weighted by Gasteiger charge is 2.14.